The van der Waals surface area contributed by atoms with Gasteiger partial charge in [-0.25, -0.2) is 4.99 Å². The van der Waals surface area contributed by atoms with E-state index < -0.39 is 5.38 Å². The number of amidine groups is 1. The Morgan fingerprint density at radius 2 is 2.14 bits per heavy atom. The number of carbonyl (C=O) groups is 1. The molecule has 0 saturated heterocycles. The summed E-state index contributed by atoms with van der Waals surface area (Å²) < 4.78 is 0. The van der Waals surface area contributed by atoms with E-state index in [2.05, 4.69) is 9.98 Å². The van der Waals surface area contributed by atoms with Gasteiger partial charge in [-0.15, -0.1) is 11.6 Å². The molecule has 1 atom stereocenters. The standard InChI is InChI=1S/C9H6Cl2N2O/c1-4-12-8-6(9(14)13-4)2-5(10)3-7(8)11/h2-3,7H,1H3. The summed E-state index contributed by atoms with van der Waals surface area (Å²) in [6, 6.07) is 0. The van der Waals surface area contributed by atoms with E-state index in [9.17, 15) is 4.79 Å². The predicted octanol–water partition coefficient (Wildman–Crippen LogP) is 2.06. The van der Waals surface area contributed by atoms with Crippen LogP contribution < -0.4 is 0 Å². The molecule has 72 valence electrons. The summed E-state index contributed by atoms with van der Waals surface area (Å²) in [6.07, 6.45) is 3.18. The number of alkyl halides is 1. The van der Waals surface area contributed by atoms with Crippen molar-refractivity contribution in [2.45, 2.75) is 12.3 Å². The largest absolute Gasteiger partial charge is 0.280 e. The third kappa shape index (κ3) is 1.53. The van der Waals surface area contributed by atoms with Crippen LogP contribution in [0, 0.1) is 0 Å². The van der Waals surface area contributed by atoms with Gasteiger partial charge in [-0.05, 0) is 19.1 Å². The lowest BCUT2D eigenvalue weighted by Crippen LogP contribution is -2.27. The van der Waals surface area contributed by atoms with Crippen LogP contribution in [-0.2, 0) is 4.79 Å². The molecule has 0 saturated carbocycles. The first-order chi connectivity index (χ1) is 6.58. The number of fused-ring (bicyclic) bond motifs is 1. The van der Waals surface area contributed by atoms with Gasteiger partial charge in [0, 0.05) is 5.03 Å². The first-order valence-electron chi connectivity index (χ1n) is 3.99. The third-order valence-corrected chi connectivity index (χ3v) is 2.47. The van der Waals surface area contributed by atoms with Gasteiger partial charge < -0.3 is 0 Å². The first-order valence-corrected chi connectivity index (χ1v) is 4.81. The highest BCUT2D eigenvalue weighted by Crippen LogP contribution is 2.25. The molecular weight excluding hydrogens is 223 g/mol. The molecule has 1 amide bonds. The second-order valence-electron chi connectivity index (χ2n) is 2.97. The number of aliphatic imine (C=N–C) groups is 2. The second kappa shape index (κ2) is 3.33. The Bertz CT molecular complexity index is 432. The Morgan fingerprint density at radius 3 is 2.86 bits per heavy atom. The first kappa shape index (κ1) is 9.62. The Labute approximate surface area is 90.8 Å². The van der Waals surface area contributed by atoms with E-state index in [1.165, 1.54) is 6.08 Å². The minimum Gasteiger partial charge on any atom is -0.267 e. The maximum absolute atomic E-state index is 11.4. The zero-order chi connectivity index (χ0) is 10.3. The molecule has 0 spiro atoms. The smallest absolute Gasteiger partial charge is 0.267 e. The van der Waals surface area contributed by atoms with Crippen molar-refractivity contribution < 1.29 is 4.79 Å². The Hall–Kier alpha value is -0.930. The SMILES string of the molecule is CC1=NC(=O)C2=CC(Cl)=CC(Cl)C2=N1. The van der Waals surface area contributed by atoms with Crippen molar-refractivity contribution in [1.82, 2.24) is 0 Å². The number of halogens is 2. The fourth-order valence-corrected chi connectivity index (χ4v) is 1.93. The summed E-state index contributed by atoms with van der Waals surface area (Å²) in [5, 5.41) is -0.000969. The number of hydrogen-bond acceptors (Lipinski definition) is 2. The van der Waals surface area contributed by atoms with Crippen molar-refractivity contribution in [1.29, 1.82) is 0 Å². The van der Waals surface area contributed by atoms with Gasteiger partial charge in [-0.2, -0.15) is 4.99 Å². The minimum atomic E-state index is -0.447. The van der Waals surface area contributed by atoms with Crippen LogP contribution in [-0.4, -0.2) is 22.8 Å². The number of carbonyl (C=O) groups excluding carboxylic acids is 1. The molecule has 0 aromatic rings. The molecule has 0 N–H and O–H groups in total. The van der Waals surface area contributed by atoms with Gasteiger partial charge in [0.25, 0.3) is 5.91 Å². The van der Waals surface area contributed by atoms with Gasteiger partial charge in [0.1, 0.15) is 5.84 Å². The van der Waals surface area contributed by atoms with E-state index in [1.807, 2.05) is 0 Å². The average molecular weight is 229 g/mol. The molecule has 0 fully saturated rings. The number of rotatable bonds is 0. The van der Waals surface area contributed by atoms with Gasteiger partial charge in [0.2, 0.25) is 0 Å². The van der Waals surface area contributed by atoms with E-state index >= 15 is 0 Å². The molecule has 0 bridgehead atoms. The van der Waals surface area contributed by atoms with Crippen molar-refractivity contribution in [2.75, 3.05) is 0 Å². The molecule has 0 radical (unpaired) electrons. The topological polar surface area (TPSA) is 41.8 Å². The van der Waals surface area contributed by atoms with Crippen molar-refractivity contribution in [3.8, 4) is 0 Å². The number of amides is 1. The number of nitrogens with zero attached hydrogens (tertiary/aromatic N) is 2. The lowest BCUT2D eigenvalue weighted by atomic mass is 10.0. The van der Waals surface area contributed by atoms with Crippen LogP contribution in [0.5, 0.6) is 0 Å². The van der Waals surface area contributed by atoms with Gasteiger partial charge in [0.05, 0.1) is 16.7 Å². The van der Waals surface area contributed by atoms with E-state index in [1.54, 1.807) is 13.0 Å². The molecule has 1 aliphatic carbocycles. The molecule has 2 aliphatic rings. The van der Waals surface area contributed by atoms with E-state index in [0.717, 1.165) is 0 Å². The monoisotopic (exact) mass is 228 g/mol. The Balaban J connectivity index is 2.54. The maximum Gasteiger partial charge on any atom is 0.280 e. The van der Waals surface area contributed by atoms with E-state index in [4.69, 9.17) is 23.2 Å². The van der Waals surface area contributed by atoms with Crippen molar-refractivity contribution in [3.63, 3.8) is 0 Å². The lowest BCUT2D eigenvalue weighted by molar-refractivity contribution is -0.113. The van der Waals surface area contributed by atoms with Crippen molar-refractivity contribution in [2.24, 2.45) is 9.98 Å². The zero-order valence-electron chi connectivity index (χ0n) is 7.29. The predicted molar refractivity (Wildman–Crippen MR) is 57.2 cm³/mol. The molecule has 3 nitrogen and oxygen atoms in total. The van der Waals surface area contributed by atoms with Crippen LogP contribution in [0.1, 0.15) is 6.92 Å². The molecule has 0 aromatic heterocycles. The average Bonchev–Trinajstić information content (AvgIpc) is 2.07. The quantitative estimate of drug-likeness (QED) is 0.586. The van der Waals surface area contributed by atoms with Crippen LogP contribution >= 0.6 is 23.2 Å². The Morgan fingerprint density at radius 1 is 1.43 bits per heavy atom. The molecule has 2 rings (SSSR count). The van der Waals surface area contributed by atoms with Crippen molar-refractivity contribution >= 4 is 40.7 Å². The second-order valence-corrected chi connectivity index (χ2v) is 3.88. The van der Waals surface area contributed by atoms with Crippen molar-refractivity contribution in [3.05, 3.63) is 22.8 Å². The van der Waals surface area contributed by atoms with Crippen LogP contribution in [0.4, 0.5) is 0 Å². The van der Waals surface area contributed by atoms with Gasteiger partial charge in [0.15, 0.2) is 0 Å². The summed E-state index contributed by atoms with van der Waals surface area (Å²) in [5.41, 5.74) is 0.927. The summed E-state index contributed by atoms with van der Waals surface area (Å²) in [5.74, 6) is 0.101. The molecule has 1 heterocycles. The van der Waals surface area contributed by atoms with E-state index in [-0.39, 0.29) is 5.91 Å². The molecular formula is C9H6Cl2N2O. The number of allylic oxidation sites excluding steroid dienone is 3. The summed E-state index contributed by atoms with van der Waals surface area (Å²) in [6.45, 7) is 1.66. The lowest BCUT2D eigenvalue weighted by Gasteiger charge is -2.18. The summed E-state index contributed by atoms with van der Waals surface area (Å²) in [4.78, 5) is 19.3. The summed E-state index contributed by atoms with van der Waals surface area (Å²) in [7, 11) is 0. The van der Waals surface area contributed by atoms with Gasteiger partial charge in [-0.3, -0.25) is 4.79 Å². The van der Waals surface area contributed by atoms with Crippen LogP contribution in [0.2, 0.25) is 0 Å². The van der Waals surface area contributed by atoms with Crippen LogP contribution in [0.25, 0.3) is 0 Å². The molecule has 0 aromatic carbocycles. The maximum atomic E-state index is 11.4. The Kier molecular flexibility index (Phi) is 2.29. The fraction of sp³-hybridized carbons (Fsp3) is 0.222. The van der Waals surface area contributed by atoms with Crippen LogP contribution in [0.15, 0.2) is 32.7 Å². The fourth-order valence-electron chi connectivity index (χ4n) is 1.33. The zero-order valence-corrected chi connectivity index (χ0v) is 8.80. The molecule has 5 heteroatoms. The number of hydrogen-bond donors (Lipinski definition) is 0. The normalized spacial score (nSPS) is 25.9. The van der Waals surface area contributed by atoms with E-state index in [0.29, 0.717) is 22.2 Å². The minimum absolute atomic E-state index is 0.329. The molecule has 14 heavy (non-hydrogen) atoms. The highest BCUT2D eigenvalue weighted by molar-refractivity contribution is 6.46. The van der Waals surface area contributed by atoms with Crippen LogP contribution in [0.3, 0.4) is 0 Å². The highest BCUT2D eigenvalue weighted by atomic mass is 35.5. The van der Waals surface area contributed by atoms with Gasteiger partial charge in [-0.1, -0.05) is 11.6 Å². The van der Waals surface area contributed by atoms with Gasteiger partial charge >= 0.3 is 0 Å². The summed E-state index contributed by atoms with van der Waals surface area (Å²) >= 11 is 11.8. The highest BCUT2D eigenvalue weighted by Gasteiger charge is 2.28. The molecule has 1 aliphatic heterocycles. The molecule has 1 unspecified atom stereocenters. The third-order valence-electron chi connectivity index (χ3n) is 1.90.